The van der Waals surface area contributed by atoms with Crippen molar-refractivity contribution in [3.05, 3.63) is 0 Å². The highest BCUT2D eigenvalue weighted by Gasteiger charge is 2.02. The minimum atomic E-state index is -1.51. The monoisotopic (exact) mass is 163 g/mol. The van der Waals surface area contributed by atoms with Crippen LogP contribution in [0, 0.1) is 0 Å². The lowest BCUT2D eigenvalue weighted by Gasteiger charge is -2.12. The number of nitrogens with one attached hydrogen (secondary N) is 2. The van der Waals surface area contributed by atoms with Gasteiger partial charge in [0.25, 0.3) is 0 Å². The molecule has 0 aliphatic carbocycles. The molecule has 0 heterocycles. The zero-order valence-electron chi connectivity index (χ0n) is 6.53. The van der Waals surface area contributed by atoms with E-state index in [9.17, 15) is 4.79 Å². The topological polar surface area (TPSA) is 84.8 Å². The zero-order valence-corrected chi connectivity index (χ0v) is 6.53. The second-order valence-electron chi connectivity index (χ2n) is 2.20. The fraction of sp³-hybridized carbons (Fsp3) is 0.800. The summed E-state index contributed by atoms with van der Waals surface area (Å²) < 4.78 is 0. The normalized spacial score (nSPS) is 10.4. The number of rotatable bonds is 3. The number of nitrogens with zero attached hydrogens (tertiary/aromatic N) is 1. The van der Waals surface area contributed by atoms with E-state index in [-0.39, 0.29) is 6.54 Å². The molecule has 0 radical (unpaired) electrons. The highest BCUT2D eigenvalue weighted by molar-refractivity contribution is 5.73. The lowest BCUT2D eigenvalue weighted by molar-refractivity contribution is -0.0354. The molecule has 0 fully saturated rings. The van der Waals surface area contributed by atoms with Gasteiger partial charge in [0.2, 0.25) is 0 Å². The summed E-state index contributed by atoms with van der Waals surface area (Å²) in [6, 6.07) is -0.469. The molecule has 6 nitrogen and oxygen atoms in total. The van der Waals surface area contributed by atoms with E-state index in [1.165, 1.54) is 5.01 Å². The summed E-state index contributed by atoms with van der Waals surface area (Å²) in [5.41, 5.74) is 2.36. The predicted octanol–water partition coefficient (Wildman–Crippen LogP) is -1.93. The van der Waals surface area contributed by atoms with Crippen LogP contribution in [0.3, 0.4) is 0 Å². The second kappa shape index (κ2) is 4.89. The first kappa shape index (κ1) is 10.2. The fourth-order valence-corrected chi connectivity index (χ4v) is 0.427. The average Bonchev–Trinajstić information content (AvgIpc) is 1.82. The van der Waals surface area contributed by atoms with Crippen LogP contribution in [0.2, 0.25) is 0 Å². The van der Waals surface area contributed by atoms with Gasteiger partial charge >= 0.3 is 6.03 Å². The molecule has 2 amide bonds. The Bertz CT molecular complexity index is 126. The number of carbonyl (C=O) groups is 1. The highest BCUT2D eigenvalue weighted by Crippen LogP contribution is 1.71. The van der Waals surface area contributed by atoms with Crippen molar-refractivity contribution < 1.29 is 15.0 Å². The molecule has 0 unspecified atom stereocenters. The Balaban J connectivity index is 3.38. The Hall–Kier alpha value is -0.850. The number of aliphatic hydroxyl groups excluding tert-OH is 1. The summed E-state index contributed by atoms with van der Waals surface area (Å²) in [5.74, 6) is 0. The van der Waals surface area contributed by atoms with Crippen molar-refractivity contribution in [2.75, 3.05) is 20.6 Å². The van der Waals surface area contributed by atoms with Crippen LogP contribution in [-0.4, -0.2) is 48.2 Å². The molecule has 0 saturated carbocycles. The molecule has 0 bridgehead atoms. The molecule has 66 valence electrons. The van der Waals surface area contributed by atoms with Gasteiger partial charge in [0.05, 0.1) is 6.54 Å². The molecule has 0 atom stereocenters. The second-order valence-corrected chi connectivity index (χ2v) is 2.20. The van der Waals surface area contributed by atoms with Crippen molar-refractivity contribution in [3.63, 3.8) is 0 Å². The lowest BCUT2D eigenvalue weighted by Crippen LogP contribution is -2.45. The number of aliphatic hydroxyl groups is 2. The van der Waals surface area contributed by atoms with Crippen molar-refractivity contribution in [2.24, 2.45) is 0 Å². The van der Waals surface area contributed by atoms with Crippen LogP contribution in [0.25, 0.3) is 0 Å². The highest BCUT2D eigenvalue weighted by atomic mass is 16.5. The van der Waals surface area contributed by atoms with Crippen LogP contribution in [0.15, 0.2) is 0 Å². The molecule has 0 spiro atoms. The molecule has 0 aromatic rings. The van der Waals surface area contributed by atoms with Crippen molar-refractivity contribution in [2.45, 2.75) is 6.29 Å². The first-order chi connectivity index (χ1) is 5.02. The Labute approximate surface area is 64.8 Å². The Morgan fingerprint density at radius 2 is 2.09 bits per heavy atom. The van der Waals surface area contributed by atoms with E-state index in [0.29, 0.717) is 0 Å². The molecule has 11 heavy (non-hydrogen) atoms. The van der Waals surface area contributed by atoms with E-state index in [1.807, 2.05) is 0 Å². The fourth-order valence-electron chi connectivity index (χ4n) is 0.427. The van der Waals surface area contributed by atoms with Gasteiger partial charge in [-0.15, -0.1) is 0 Å². The van der Waals surface area contributed by atoms with Crippen molar-refractivity contribution in [1.82, 2.24) is 15.8 Å². The van der Waals surface area contributed by atoms with Crippen LogP contribution in [0.5, 0.6) is 0 Å². The van der Waals surface area contributed by atoms with Crippen molar-refractivity contribution in [3.8, 4) is 0 Å². The molecule has 4 N–H and O–H groups in total. The summed E-state index contributed by atoms with van der Waals surface area (Å²) in [6.45, 7) is -0.181. The van der Waals surface area contributed by atoms with Gasteiger partial charge in [-0.05, 0) is 0 Å². The van der Waals surface area contributed by atoms with Crippen LogP contribution in [0.4, 0.5) is 4.79 Å². The Kier molecular flexibility index (Phi) is 4.51. The van der Waals surface area contributed by atoms with E-state index in [2.05, 4.69) is 10.7 Å². The number of hydrogen-bond donors (Lipinski definition) is 4. The van der Waals surface area contributed by atoms with Gasteiger partial charge in [-0.3, -0.25) is 5.43 Å². The predicted molar refractivity (Wildman–Crippen MR) is 38.4 cm³/mol. The SMILES string of the molecule is CN(C)NC(=O)NCC(O)O. The largest absolute Gasteiger partial charge is 0.367 e. The third-order valence-electron chi connectivity index (χ3n) is 0.770. The van der Waals surface area contributed by atoms with Crippen LogP contribution in [0.1, 0.15) is 0 Å². The Morgan fingerprint density at radius 3 is 2.45 bits per heavy atom. The first-order valence-electron chi connectivity index (χ1n) is 3.10. The molecule has 6 heteroatoms. The van der Waals surface area contributed by atoms with E-state index in [4.69, 9.17) is 10.2 Å². The van der Waals surface area contributed by atoms with Gasteiger partial charge in [-0.25, -0.2) is 9.80 Å². The summed E-state index contributed by atoms with van der Waals surface area (Å²) in [5, 5.41) is 20.3. The number of hydrazine groups is 1. The van der Waals surface area contributed by atoms with E-state index >= 15 is 0 Å². The molecular weight excluding hydrogens is 150 g/mol. The quantitative estimate of drug-likeness (QED) is 0.288. The van der Waals surface area contributed by atoms with E-state index in [0.717, 1.165) is 0 Å². The average molecular weight is 163 g/mol. The van der Waals surface area contributed by atoms with Crippen molar-refractivity contribution >= 4 is 6.03 Å². The van der Waals surface area contributed by atoms with Crippen molar-refractivity contribution in [1.29, 1.82) is 0 Å². The Morgan fingerprint density at radius 1 is 1.55 bits per heavy atom. The van der Waals surface area contributed by atoms with Gasteiger partial charge in [0, 0.05) is 14.1 Å². The zero-order chi connectivity index (χ0) is 8.85. The van der Waals surface area contributed by atoms with Crippen LogP contribution >= 0.6 is 0 Å². The smallest absolute Gasteiger partial charge is 0.329 e. The minimum Gasteiger partial charge on any atom is -0.367 e. The molecule has 0 aliphatic heterocycles. The van der Waals surface area contributed by atoms with Gasteiger partial charge in [-0.1, -0.05) is 0 Å². The van der Waals surface area contributed by atoms with Gasteiger partial charge in [-0.2, -0.15) is 0 Å². The van der Waals surface area contributed by atoms with Gasteiger partial charge < -0.3 is 15.5 Å². The third-order valence-corrected chi connectivity index (χ3v) is 0.770. The van der Waals surface area contributed by atoms with E-state index < -0.39 is 12.3 Å². The molecule has 0 aromatic heterocycles. The maximum Gasteiger partial charge on any atom is 0.329 e. The third kappa shape index (κ3) is 7.04. The molecular formula is C5H13N3O3. The lowest BCUT2D eigenvalue weighted by atomic mass is 10.6. The molecule has 0 saturated heterocycles. The number of urea groups is 1. The maximum absolute atomic E-state index is 10.7. The minimum absolute atomic E-state index is 0.181. The summed E-state index contributed by atoms with van der Waals surface area (Å²) in [4.78, 5) is 10.7. The summed E-state index contributed by atoms with van der Waals surface area (Å²) in [7, 11) is 3.30. The molecule has 0 rings (SSSR count). The number of carbonyl (C=O) groups excluding carboxylic acids is 1. The summed E-state index contributed by atoms with van der Waals surface area (Å²) >= 11 is 0. The number of amides is 2. The molecule has 0 aromatic carbocycles. The maximum atomic E-state index is 10.7. The molecule has 0 aliphatic rings. The standard InChI is InChI=1S/C5H13N3O3/c1-8(2)7-5(11)6-3-4(9)10/h4,9-10H,3H2,1-2H3,(H2,6,7,11). The van der Waals surface area contributed by atoms with Gasteiger partial charge in [0.1, 0.15) is 0 Å². The van der Waals surface area contributed by atoms with E-state index in [1.54, 1.807) is 14.1 Å². The van der Waals surface area contributed by atoms with Crippen LogP contribution < -0.4 is 10.7 Å². The van der Waals surface area contributed by atoms with Gasteiger partial charge in [0.15, 0.2) is 6.29 Å². The summed E-state index contributed by atoms with van der Waals surface area (Å²) in [6.07, 6.45) is -1.51. The first-order valence-corrected chi connectivity index (χ1v) is 3.10. The van der Waals surface area contributed by atoms with Crippen LogP contribution in [-0.2, 0) is 0 Å². The number of hydrogen-bond acceptors (Lipinski definition) is 4.